The SMILES string of the molecule is CCCCCC(=O)N[C@H](C(=O)NCc1ccc(C(N)=O)cc1)c1ccc(O)cc1. The van der Waals surface area contributed by atoms with Crippen LogP contribution < -0.4 is 16.4 Å². The third-order valence-corrected chi connectivity index (χ3v) is 4.51. The summed E-state index contributed by atoms with van der Waals surface area (Å²) in [6.45, 7) is 2.29. The first-order valence-corrected chi connectivity index (χ1v) is 9.65. The van der Waals surface area contributed by atoms with E-state index in [2.05, 4.69) is 17.6 Å². The van der Waals surface area contributed by atoms with E-state index >= 15 is 0 Å². The molecule has 154 valence electrons. The molecule has 29 heavy (non-hydrogen) atoms. The van der Waals surface area contributed by atoms with Gasteiger partial charge >= 0.3 is 0 Å². The summed E-state index contributed by atoms with van der Waals surface area (Å²) in [5, 5.41) is 15.1. The summed E-state index contributed by atoms with van der Waals surface area (Å²) in [6.07, 6.45) is 3.07. The summed E-state index contributed by atoms with van der Waals surface area (Å²) >= 11 is 0. The Bertz CT molecular complexity index is 832. The Morgan fingerprint density at radius 1 is 1.00 bits per heavy atom. The molecule has 0 spiro atoms. The Hall–Kier alpha value is -3.35. The fourth-order valence-electron chi connectivity index (χ4n) is 2.81. The van der Waals surface area contributed by atoms with Gasteiger partial charge in [0.25, 0.3) is 0 Å². The molecular weight excluding hydrogens is 370 g/mol. The number of hydrogen-bond donors (Lipinski definition) is 4. The smallest absolute Gasteiger partial charge is 0.248 e. The molecule has 0 aromatic heterocycles. The summed E-state index contributed by atoms with van der Waals surface area (Å²) in [4.78, 5) is 36.2. The highest BCUT2D eigenvalue weighted by molar-refractivity contribution is 5.92. The molecule has 2 aromatic carbocycles. The van der Waals surface area contributed by atoms with Gasteiger partial charge in [0.2, 0.25) is 17.7 Å². The van der Waals surface area contributed by atoms with Crippen LogP contribution in [0.2, 0.25) is 0 Å². The Morgan fingerprint density at radius 2 is 1.66 bits per heavy atom. The lowest BCUT2D eigenvalue weighted by molar-refractivity contribution is -0.129. The predicted octanol–water partition coefficient (Wildman–Crippen LogP) is 2.55. The molecule has 0 unspecified atom stereocenters. The number of phenolic OH excluding ortho intramolecular Hbond substituents is 1. The first-order valence-electron chi connectivity index (χ1n) is 9.65. The zero-order valence-corrected chi connectivity index (χ0v) is 16.5. The lowest BCUT2D eigenvalue weighted by Crippen LogP contribution is -2.40. The summed E-state index contributed by atoms with van der Waals surface area (Å²) in [7, 11) is 0. The second-order valence-electron chi connectivity index (χ2n) is 6.83. The molecule has 1 atom stereocenters. The third-order valence-electron chi connectivity index (χ3n) is 4.51. The van der Waals surface area contributed by atoms with Crippen molar-refractivity contribution in [3.63, 3.8) is 0 Å². The molecular formula is C22H27N3O4. The van der Waals surface area contributed by atoms with Gasteiger partial charge in [-0.1, -0.05) is 44.0 Å². The van der Waals surface area contributed by atoms with Crippen molar-refractivity contribution in [3.05, 3.63) is 65.2 Å². The van der Waals surface area contributed by atoms with Gasteiger partial charge in [-0.25, -0.2) is 0 Å². The number of amides is 3. The van der Waals surface area contributed by atoms with Crippen molar-refractivity contribution in [1.82, 2.24) is 10.6 Å². The topological polar surface area (TPSA) is 122 Å². The number of primary amides is 1. The monoisotopic (exact) mass is 397 g/mol. The Morgan fingerprint density at radius 3 is 2.24 bits per heavy atom. The molecule has 0 fully saturated rings. The van der Waals surface area contributed by atoms with Crippen molar-refractivity contribution in [2.24, 2.45) is 5.73 Å². The van der Waals surface area contributed by atoms with Crippen LogP contribution in [-0.2, 0) is 16.1 Å². The molecule has 0 bridgehead atoms. The molecule has 0 aliphatic rings. The Balaban J connectivity index is 2.05. The van der Waals surface area contributed by atoms with Gasteiger partial charge in [0.15, 0.2) is 0 Å². The number of unbranched alkanes of at least 4 members (excludes halogenated alkanes) is 2. The largest absolute Gasteiger partial charge is 0.508 e. The number of nitrogens with two attached hydrogens (primary N) is 1. The maximum atomic E-state index is 12.8. The van der Waals surface area contributed by atoms with Gasteiger partial charge in [-0.3, -0.25) is 14.4 Å². The van der Waals surface area contributed by atoms with E-state index in [0.717, 1.165) is 24.8 Å². The van der Waals surface area contributed by atoms with Gasteiger partial charge in [0.05, 0.1) is 0 Å². The molecule has 5 N–H and O–H groups in total. The number of nitrogens with one attached hydrogen (secondary N) is 2. The van der Waals surface area contributed by atoms with E-state index in [1.54, 1.807) is 36.4 Å². The lowest BCUT2D eigenvalue weighted by Gasteiger charge is -2.19. The van der Waals surface area contributed by atoms with Crippen LogP contribution in [0.3, 0.4) is 0 Å². The molecule has 7 heteroatoms. The van der Waals surface area contributed by atoms with Gasteiger partial charge in [-0.15, -0.1) is 0 Å². The molecule has 0 aliphatic heterocycles. The van der Waals surface area contributed by atoms with Gasteiger partial charge in [-0.05, 0) is 41.8 Å². The Kier molecular flexibility index (Phi) is 8.21. The van der Waals surface area contributed by atoms with Crippen molar-refractivity contribution < 1.29 is 19.5 Å². The number of aromatic hydroxyl groups is 1. The molecule has 0 radical (unpaired) electrons. The second kappa shape index (κ2) is 10.8. The van der Waals surface area contributed by atoms with Crippen LogP contribution >= 0.6 is 0 Å². The van der Waals surface area contributed by atoms with E-state index in [9.17, 15) is 19.5 Å². The van der Waals surface area contributed by atoms with Crippen LogP contribution in [0.15, 0.2) is 48.5 Å². The van der Waals surface area contributed by atoms with Crippen LogP contribution in [-0.4, -0.2) is 22.8 Å². The van der Waals surface area contributed by atoms with E-state index in [-0.39, 0.29) is 24.1 Å². The summed E-state index contributed by atoms with van der Waals surface area (Å²) < 4.78 is 0. The van der Waals surface area contributed by atoms with Gasteiger partial charge < -0.3 is 21.5 Å². The minimum Gasteiger partial charge on any atom is -0.508 e. The number of rotatable bonds is 10. The van der Waals surface area contributed by atoms with E-state index in [4.69, 9.17) is 5.73 Å². The summed E-state index contributed by atoms with van der Waals surface area (Å²) in [6, 6.07) is 11.9. The number of carbonyl (C=O) groups excluding carboxylic acids is 3. The highest BCUT2D eigenvalue weighted by atomic mass is 16.3. The van der Waals surface area contributed by atoms with Crippen molar-refractivity contribution in [3.8, 4) is 5.75 Å². The van der Waals surface area contributed by atoms with E-state index < -0.39 is 11.9 Å². The molecule has 0 saturated carbocycles. The van der Waals surface area contributed by atoms with Crippen LogP contribution in [0.5, 0.6) is 5.75 Å². The Labute approximate surface area is 170 Å². The lowest BCUT2D eigenvalue weighted by atomic mass is 10.0. The fourth-order valence-corrected chi connectivity index (χ4v) is 2.81. The number of carbonyl (C=O) groups is 3. The molecule has 0 saturated heterocycles. The number of phenols is 1. The third kappa shape index (κ3) is 6.95. The molecule has 2 aromatic rings. The second-order valence-corrected chi connectivity index (χ2v) is 6.83. The van der Waals surface area contributed by atoms with Gasteiger partial charge in [0.1, 0.15) is 11.8 Å². The standard InChI is InChI=1S/C22H27N3O4/c1-2-3-4-5-19(27)25-20(16-10-12-18(26)13-11-16)22(29)24-14-15-6-8-17(9-7-15)21(23)28/h6-13,20,26H,2-5,14H2,1H3,(H2,23,28)(H,24,29)(H,25,27)/t20-/m0/s1. The average Bonchev–Trinajstić information content (AvgIpc) is 2.71. The fraction of sp³-hybridized carbons (Fsp3) is 0.318. The van der Waals surface area contributed by atoms with Gasteiger partial charge in [-0.2, -0.15) is 0 Å². The maximum absolute atomic E-state index is 12.8. The predicted molar refractivity (Wildman–Crippen MR) is 110 cm³/mol. The highest BCUT2D eigenvalue weighted by Crippen LogP contribution is 2.18. The van der Waals surface area contributed by atoms with Crippen LogP contribution in [0.4, 0.5) is 0 Å². The minimum atomic E-state index is -0.866. The van der Waals surface area contributed by atoms with Gasteiger partial charge in [0, 0.05) is 18.5 Å². The van der Waals surface area contributed by atoms with Crippen molar-refractivity contribution >= 4 is 17.7 Å². The van der Waals surface area contributed by atoms with Crippen LogP contribution in [0.1, 0.15) is 60.1 Å². The van der Waals surface area contributed by atoms with Crippen molar-refractivity contribution in [2.75, 3.05) is 0 Å². The molecule has 0 heterocycles. The van der Waals surface area contributed by atoms with E-state index in [0.29, 0.717) is 17.5 Å². The average molecular weight is 397 g/mol. The number of benzene rings is 2. The summed E-state index contributed by atoms with van der Waals surface area (Å²) in [5.74, 6) is -0.994. The quantitative estimate of drug-likeness (QED) is 0.460. The van der Waals surface area contributed by atoms with Crippen LogP contribution in [0, 0.1) is 0 Å². The first kappa shape index (κ1) is 21.9. The number of hydrogen-bond acceptors (Lipinski definition) is 4. The maximum Gasteiger partial charge on any atom is 0.248 e. The van der Waals surface area contributed by atoms with Crippen molar-refractivity contribution in [1.29, 1.82) is 0 Å². The molecule has 7 nitrogen and oxygen atoms in total. The zero-order valence-electron chi connectivity index (χ0n) is 16.5. The van der Waals surface area contributed by atoms with Crippen molar-refractivity contribution in [2.45, 2.75) is 45.2 Å². The van der Waals surface area contributed by atoms with Crippen LogP contribution in [0.25, 0.3) is 0 Å². The van der Waals surface area contributed by atoms with E-state index in [1.807, 2.05) is 0 Å². The summed E-state index contributed by atoms with van der Waals surface area (Å²) in [5.41, 5.74) is 6.98. The minimum absolute atomic E-state index is 0.0803. The molecule has 3 amide bonds. The normalized spacial score (nSPS) is 11.5. The van der Waals surface area contributed by atoms with E-state index in [1.165, 1.54) is 12.1 Å². The molecule has 0 aliphatic carbocycles. The highest BCUT2D eigenvalue weighted by Gasteiger charge is 2.22. The zero-order chi connectivity index (χ0) is 21.2. The molecule has 2 rings (SSSR count). The first-order chi connectivity index (χ1) is 13.9.